The van der Waals surface area contributed by atoms with E-state index in [9.17, 15) is 13.2 Å². The van der Waals surface area contributed by atoms with Crippen molar-refractivity contribution < 1.29 is 22.4 Å². The van der Waals surface area contributed by atoms with Gasteiger partial charge in [-0.1, -0.05) is 30.3 Å². The van der Waals surface area contributed by atoms with Crippen molar-refractivity contribution in [2.24, 2.45) is 0 Å². The molecule has 7 nitrogen and oxygen atoms in total. The van der Waals surface area contributed by atoms with Crippen molar-refractivity contribution in [2.45, 2.75) is 25.5 Å². The number of furan rings is 1. The van der Waals surface area contributed by atoms with Crippen molar-refractivity contribution in [2.75, 3.05) is 19.7 Å². The number of sulfonamides is 1. The quantitative estimate of drug-likeness (QED) is 0.693. The molecule has 1 saturated heterocycles. The lowest BCUT2D eigenvalue weighted by Crippen LogP contribution is -2.41. The van der Waals surface area contributed by atoms with E-state index in [1.54, 1.807) is 24.3 Å². The number of benzene rings is 1. The number of hydrogen-bond acceptors (Lipinski definition) is 5. The summed E-state index contributed by atoms with van der Waals surface area (Å²) < 4.78 is 37.5. The van der Waals surface area contributed by atoms with E-state index in [0.29, 0.717) is 18.9 Å². The monoisotopic (exact) mass is 404 g/mol. The molecule has 2 aromatic rings. The second-order valence-electron chi connectivity index (χ2n) is 6.54. The van der Waals surface area contributed by atoms with Gasteiger partial charge < -0.3 is 14.5 Å². The van der Waals surface area contributed by atoms with Gasteiger partial charge in [0.1, 0.15) is 5.76 Å². The predicted molar refractivity (Wildman–Crippen MR) is 105 cm³/mol. The highest BCUT2D eigenvalue weighted by molar-refractivity contribution is 7.92. The first kappa shape index (κ1) is 20.3. The van der Waals surface area contributed by atoms with E-state index in [1.807, 2.05) is 18.2 Å². The van der Waals surface area contributed by atoms with Gasteiger partial charge in [-0.25, -0.2) is 8.42 Å². The molecule has 0 bridgehead atoms. The molecular weight excluding hydrogens is 380 g/mol. The van der Waals surface area contributed by atoms with E-state index >= 15 is 0 Å². The topological polar surface area (TPSA) is 88.9 Å². The zero-order valence-corrected chi connectivity index (χ0v) is 16.3. The number of nitrogens with zero attached hydrogens (tertiary/aromatic N) is 1. The molecule has 1 aliphatic rings. The molecule has 1 aliphatic heterocycles. The van der Waals surface area contributed by atoms with Crippen LogP contribution in [0.25, 0.3) is 6.08 Å². The van der Waals surface area contributed by atoms with Gasteiger partial charge in [-0.3, -0.25) is 4.79 Å². The maximum atomic E-state index is 12.8. The Bertz CT molecular complexity index is 873. The van der Waals surface area contributed by atoms with Crippen LogP contribution in [0.2, 0.25) is 0 Å². The smallest absolute Gasteiger partial charge is 0.237 e. The Labute approximate surface area is 165 Å². The van der Waals surface area contributed by atoms with Crippen LogP contribution in [0.3, 0.4) is 0 Å². The summed E-state index contributed by atoms with van der Waals surface area (Å²) in [6.45, 7) is 0.758. The van der Waals surface area contributed by atoms with Crippen molar-refractivity contribution in [1.82, 2.24) is 9.62 Å². The Morgan fingerprint density at radius 2 is 2.04 bits per heavy atom. The van der Waals surface area contributed by atoms with Gasteiger partial charge in [0.2, 0.25) is 15.9 Å². The number of carbonyl (C=O) groups excluding carboxylic acids is 1. The molecule has 1 amide bonds. The van der Waals surface area contributed by atoms with Gasteiger partial charge in [0.25, 0.3) is 0 Å². The number of hydrogen-bond donors (Lipinski definition) is 1. The summed E-state index contributed by atoms with van der Waals surface area (Å²) in [7, 11) is -3.83. The molecule has 1 fully saturated rings. The second-order valence-corrected chi connectivity index (χ2v) is 8.36. The summed E-state index contributed by atoms with van der Waals surface area (Å²) in [4.78, 5) is 12.3. The fourth-order valence-corrected chi connectivity index (χ4v) is 3.98. The summed E-state index contributed by atoms with van der Waals surface area (Å²) in [5, 5.41) is 3.87. The minimum atomic E-state index is -3.83. The van der Waals surface area contributed by atoms with E-state index in [1.165, 1.54) is 12.3 Å². The number of ether oxygens (including phenoxy) is 1. The Morgan fingerprint density at radius 3 is 2.71 bits per heavy atom. The number of rotatable bonds is 9. The Balaban J connectivity index is 1.68. The van der Waals surface area contributed by atoms with Gasteiger partial charge in [-0.05, 0) is 36.6 Å². The first-order valence-electron chi connectivity index (χ1n) is 9.17. The molecular formula is C20H24N2O5S. The fourth-order valence-electron chi connectivity index (χ4n) is 2.88. The first-order chi connectivity index (χ1) is 13.5. The van der Waals surface area contributed by atoms with Crippen molar-refractivity contribution >= 4 is 22.0 Å². The molecule has 2 heterocycles. The minimum absolute atomic E-state index is 0.00272. The van der Waals surface area contributed by atoms with Crippen molar-refractivity contribution in [1.29, 1.82) is 0 Å². The van der Waals surface area contributed by atoms with Crippen molar-refractivity contribution in [3.63, 3.8) is 0 Å². The molecule has 0 aliphatic carbocycles. The summed E-state index contributed by atoms with van der Waals surface area (Å²) in [5.41, 5.74) is 0.756. The molecule has 3 rings (SSSR count). The maximum Gasteiger partial charge on any atom is 0.237 e. The van der Waals surface area contributed by atoms with Crippen LogP contribution in [0.5, 0.6) is 0 Å². The molecule has 8 heteroatoms. The van der Waals surface area contributed by atoms with E-state index in [2.05, 4.69) is 5.32 Å². The van der Waals surface area contributed by atoms with Gasteiger partial charge in [0.15, 0.2) is 0 Å². The van der Waals surface area contributed by atoms with Gasteiger partial charge >= 0.3 is 0 Å². The van der Waals surface area contributed by atoms with E-state index in [4.69, 9.17) is 9.15 Å². The average Bonchev–Trinajstić information content (AvgIpc) is 3.39. The number of nitrogens with one attached hydrogen (secondary N) is 1. The van der Waals surface area contributed by atoms with E-state index in [0.717, 1.165) is 28.1 Å². The van der Waals surface area contributed by atoms with Crippen molar-refractivity contribution in [3.05, 3.63) is 65.5 Å². The fraction of sp³-hybridized carbons (Fsp3) is 0.350. The third kappa shape index (κ3) is 6.05. The molecule has 28 heavy (non-hydrogen) atoms. The van der Waals surface area contributed by atoms with E-state index < -0.39 is 10.0 Å². The van der Waals surface area contributed by atoms with Crippen LogP contribution in [0.1, 0.15) is 24.2 Å². The lowest BCUT2D eigenvalue weighted by molar-refractivity contribution is -0.121. The molecule has 0 spiro atoms. The Hall–Kier alpha value is -2.42. The van der Waals surface area contributed by atoms with E-state index in [-0.39, 0.29) is 25.1 Å². The third-order valence-corrected chi connectivity index (χ3v) is 5.83. The number of carbonyl (C=O) groups is 1. The predicted octanol–water partition coefficient (Wildman–Crippen LogP) is 2.38. The summed E-state index contributed by atoms with van der Waals surface area (Å²) in [6, 6.07) is 12.5. The summed E-state index contributed by atoms with van der Waals surface area (Å²) in [5.74, 6) is 0.0855. The first-order valence-corrected chi connectivity index (χ1v) is 10.7. The Morgan fingerprint density at radius 1 is 1.21 bits per heavy atom. The molecule has 0 saturated carbocycles. The van der Waals surface area contributed by atoms with Crippen molar-refractivity contribution in [3.8, 4) is 0 Å². The highest BCUT2D eigenvalue weighted by Gasteiger charge is 2.24. The standard InChI is InChI=1S/C20H24N2O5S/c23-20(21-14-18-8-4-11-26-18)16-22(15-19-9-5-12-27-19)28(24,25)13-10-17-6-2-1-3-7-17/h1-3,5-7,9-10,12-13,18H,4,8,11,14-16H2,(H,21,23)/b13-10+. The van der Waals surface area contributed by atoms with Gasteiger partial charge in [-0.2, -0.15) is 4.31 Å². The normalized spacial score (nSPS) is 17.4. The lowest BCUT2D eigenvalue weighted by atomic mass is 10.2. The zero-order valence-electron chi connectivity index (χ0n) is 15.5. The largest absolute Gasteiger partial charge is 0.468 e. The van der Waals surface area contributed by atoms with Gasteiger partial charge in [0, 0.05) is 18.6 Å². The van der Waals surface area contributed by atoms with Crippen LogP contribution < -0.4 is 5.32 Å². The highest BCUT2D eigenvalue weighted by atomic mass is 32.2. The van der Waals surface area contributed by atoms with Crippen LogP contribution in [0.15, 0.2) is 58.6 Å². The highest BCUT2D eigenvalue weighted by Crippen LogP contribution is 2.14. The molecule has 0 radical (unpaired) electrons. The second kappa shape index (κ2) is 9.68. The molecule has 1 aromatic heterocycles. The molecule has 150 valence electrons. The zero-order chi connectivity index (χ0) is 19.8. The minimum Gasteiger partial charge on any atom is -0.468 e. The van der Waals surface area contributed by atoms with Crippen LogP contribution >= 0.6 is 0 Å². The van der Waals surface area contributed by atoms with Crippen LogP contribution in [-0.2, 0) is 26.1 Å². The summed E-state index contributed by atoms with van der Waals surface area (Å²) in [6.07, 6.45) is 4.85. The molecule has 1 N–H and O–H groups in total. The van der Waals surface area contributed by atoms with Crippen LogP contribution in [0, 0.1) is 0 Å². The molecule has 1 unspecified atom stereocenters. The SMILES string of the molecule is O=C(CN(Cc1ccco1)S(=O)(=O)/C=C/c1ccccc1)NCC1CCCO1. The van der Waals surface area contributed by atoms with Crippen LogP contribution in [-0.4, -0.2) is 44.4 Å². The Kier molecular flexibility index (Phi) is 7.02. The summed E-state index contributed by atoms with van der Waals surface area (Å²) >= 11 is 0. The third-order valence-electron chi connectivity index (χ3n) is 4.38. The van der Waals surface area contributed by atoms with Crippen LogP contribution in [0.4, 0.5) is 0 Å². The lowest BCUT2D eigenvalue weighted by Gasteiger charge is -2.19. The van der Waals surface area contributed by atoms with Gasteiger partial charge in [0.05, 0.1) is 25.5 Å². The average molecular weight is 404 g/mol. The molecule has 1 aromatic carbocycles. The molecule has 1 atom stereocenters. The van der Waals surface area contributed by atoms with Gasteiger partial charge in [-0.15, -0.1) is 0 Å². The maximum absolute atomic E-state index is 12.8. The number of amides is 1.